The molecule has 0 spiro atoms. The van der Waals surface area contributed by atoms with Crippen molar-refractivity contribution in [3.8, 4) is 5.69 Å². The van der Waals surface area contributed by atoms with Crippen LogP contribution in [0.3, 0.4) is 0 Å². The van der Waals surface area contributed by atoms with Gasteiger partial charge in [0.1, 0.15) is 5.82 Å². The molecular formula is C17H15BrClN3O. The van der Waals surface area contributed by atoms with E-state index < -0.39 is 0 Å². The number of halogens is 2. The molecule has 2 N–H and O–H groups in total. The fraction of sp³-hybridized carbons (Fsp3) is 0.176. The van der Waals surface area contributed by atoms with Gasteiger partial charge in [0.25, 0.3) is 5.56 Å². The zero-order chi connectivity index (χ0) is 16.7. The summed E-state index contributed by atoms with van der Waals surface area (Å²) in [7, 11) is 0. The quantitative estimate of drug-likeness (QED) is 0.653. The first-order valence-electron chi connectivity index (χ1n) is 7.16. The molecule has 3 aromatic rings. The number of fused-ring (bicyclic) bond motifs is 1. The number of nitrogens with zero attached hydrogens (tertiary/aromatic N) is 2. The van der Waals surface area contributed by atoms with Crippen molar-refractivity contribution in [2.45, 2.75) is 19.8 Å². The second-order valence-electron chi connectivity index (χ2n) is 5.61. The van der Waals surface area contributed by atoms with Crippen LogP contribution in [0.5, 0.6) is 0 Å². The van der Waals surface area contributed by atoms with Crippen molar-refractivity contribution >= 4 is 44.1 Å². The minimum Gasteiger partial charge on any atom is -0.398 e. The predicted molar refractivity (Wildman–Crippen MR) is 98.6 cm³/mol. The number of nitrogens with two attached hydrogens (primary N) is 1. The van der Waals surface area contributed by atoms with E-state index >= 15 is 0 Å². The lowest BCUT2D eigenvalue weighted by Gasteiger charge is -2.17. The molecule has 23 heavy (non-hydrogen) atoms. The molecule has 0 atom stereocenters. The van der Waals surface area contributed by atoms with Crippen LogP contribution in [-0.2, 0) is 0 Å². The summed E-state index contributed by atoms with van der Waals surface area (Å²) >= 11 is 9.39. The van der Waals surface area contributed by atoms with E-state index in [1.807, 2.05) is 26.0 Å². The Hall–Kier alpha value is -1.85. The molecule has 1 heterocycles. The van der Waals surface area contributed by atoms with Gasteiger partial charge in [0.15, 0.2) is 0 Å². The van der Waals surface area contributed by atoms with Gasteiger partial charge in [-0.3, -0.25) is 9.36 Å². The molecule has 6 heteroatoms. The smallest absolute Gasteiger partial charge is 0.266 e. The number of benzene rings is 2. The maximum Gasteiger partial charge on any atom is 0.266 e. The summed E-state index contributed by atoms with van der Waals surface area (Å²) in [6, 6.07) is 10.6. The molecule has 1 aromatic heterocycles. The average Bonchev–Trinajstić information content (AvgIpc) is 2.52. The third-order valence-corrected chi connectivity index (χ3v) is 4.72. The van der Waals surface area contributed by atoms with Gasteiger partial charge in [0, 0.05) is 16.6 Å². The first kappa shape index (κ1) is 16.0. The molecule has 0 aliphatic heterocycles. The zero-order valence-corrected chi connectivity index (χ0v) is 15.0. The highest BCUT2D eigenvalue weighted by atomic mass is 79.9. The summed E-state index contributed by atoms with van der Waals surface area (Å²) in [6.07, 6.45) is 0. The van der Waals surface area contributed by atoms with Gasteiger partial charge in [0.2, 0.25) is 0 Å². The lowest BCUT2D eigenvalue weighted by molar-refractivity contribution is 0.723. The lowest BCUT2D eigenvalue weighted by atomic mass is 10.1. The normalized spacial score (nSPS) is 11.3. The third kappa shape index (κ3) is 2.75. The Bertz CT molecular complexity index is 949. The Morgan fingerprint density at radius 1 is 1.17 bits per heavy atom. The number of hydrogen-bond acceptors (Lipinski definition) is 3. The first-order valence-corrected chi connectivity index (χ1v) is 8.34. The zero-order valence-electron chi connectivity index (χ0n) is 12.7. The van der Waals surface area contributed by atoms with Gasteiger partial charge >= 0.3 is 0 Å². The SMILES string of the molecule is CC(C)c1nc2c(Br)c(N)ccc2c(=O)n1-c1ccc(Cl)cc1. The maximum atomic E-state index is 13.0. The highest BCUT2D eigenvalue weighted by molar-refractivity contribution is 9.10. The summed E-state index contributed by atoms with van der Waals surface area (Å²) in [4.78, 5) is 17.7. The number of nitrogen functional groups attached to an aromatic ring is 1. The van der Waals surface area contributed by atoms with Crippen LogP contribution < -0.4 is 11.3 Å². The summed E-state index contributed by atoms with van der Waals surface area (Å²) in [5, 5.41) is 1.14. The summed E-state index contributed by atoms with van der Waals surface area (Å²) < 4.78 is 2.28. The van der Waals surface area contributed by atoms with Crippen LogP contribution >= 0.6 is 27.5 Å². The largest absolute Gasteiger partial charge is 0.398 e. The summed E-state index contributed by atoms with van der Waals surface area (Å²) in [6.45, 7) is 4.00. The van der Waals surface area contributed by atoms with Crippen LogP contribution in [0.15, 0.2) is 45.7 Å². The molecule has 3 rings (SSSR count). The van der Waals surface area contributed by atoms with Gasteiger partial charge in [0.05, 0.1) is 21.1 Å². The van der Waals surface area contributed by atoms with E-state index in [1.54, 1.807) is 28.8 Å². The van der Waals surface area contributed by atoms with Crippen LogP contribution in [0.25, 0.3) is 16.6 Å². The monoisotopic (exact) mass is 391 g/mol. The van der Waals surface area contributed by atoms with E-state index in [4.69, 9.17) is 22.3 Å². The fourth-order valence-electron chi connectivity index (χ4n) is 2.48. The van der Waals surface area contributed by atoms with E-state index in [2.05, 4.69) is 15.9 Å². The Morgan fingerprint density at radius 3 is 2.43 bits per heavy atom. The van der Waals surface area contributed by atoms with Crippen LogP contribution in [0.2, 0.25) is 5.02 Å². The molecule has 4 nitrogen and oxygen atoms in total. The van der Waals surface area contributed by atoms with Gasteiger partial charge in [-0.2, -0.15) is 0 Å². The lowest BCUT2D eigenvalue weighted by Crippen LogP contribution is -2.24. The Kier molecular flexibility index (Phi) is 4.17. The van der Waals surface area contributed by atoms with E-state index in [0.29, 0.717) is 31.9 Å². The van der Waals surface area contributed by atoms with Crippen molar-refractivity contribution in [1.82, 2.24) is 9.55 Å². The molecule has 0 amide bonds. The Morgan fingerprint density at radius 2 is 1.83 bits per heavy atom. The fourth-order valence-corrected chi connectivity index (χ4v) is 3.04. The van der Waals surface area contributed by atoms with Gasteiger partial charge in [-0.25, -0.2) is 4.98 Å². The van der Waals surface area contributed by atoms with Crippen molar-refractivity contribution < 1.29 is 0 Å². The van der Waals surface area contributed by atoms with E-state index in [-0.39, 0.29) is 11.5 Å². The Balaban J connectivity index is 2.43. The molecule has 0 fully saturated rings. The minimum atomic E-state index is -0.123. The molecule has 0 bridgehead atoms. The van der Waals surface area contributed by atoms with Crippen LogP contribution in [0, 0.1) is 0 Å². The maximum absolute atomic E-state index is 13.0. The van der Waals surface area contributed by atoms with E-state index in [9.17, 15) is 4.79 Å². The molecular weight excluding hydrogens is 378 g/mol. The third-order valence-electron chi connectivity index (χ3n) is 3.64. The van der Waals surface area contributed by atoms with Gasteiger partial charge in [-0.15, -0.1) is 0 Å². The number of rotatable bonds is 2. The standard InChI is InChI=1S/C17H15BrClN3O/c1-9(2)16-21-15-12(7-8-13(20)14(15)18)17(23)22(16)11-5-3-10(19)4-6-11/h3-9H,20H2,1-2H3. The van der Waals surface area contributed by atoms with Crippen molar-refractivity contribution in [2.75, 3.05) is 5.73 Å². The van der Waals surface area contributed by atoms with Gasteiger partial charge < -0.3 is 5.73 Å². The van der Waals surface area contributed by atoms with Gasteiger partial charge in [-0.1, -0.05) is 25.4 Å². The Labute approximate surface area is 147 Å². The molecule has 118 valence electrons. The number of hydrogen-bond donors (Lipinski definition) is 1. The second kappa shape index (κ2) is 5.98. The van der Waals surface area contributed by atoms with Crippen molar-refractivity contribution in [1.29, 1.82) is 0 Å². The summed E-state index contributed by atoms with van der Waals surface area (Å²) in [5.41, 5.74) is 7.68. The van der Waals surface area contributed by atoms with Gasteiger partial charge in [-0.05, 0) is 52.3 Å². The molecule has 0 saturated carbocycles. The first-order chi connectivity index (χ1) is 10.9. The predicted octanol–water partition coefficient (Wildman–Crippen LogP) is 4.51. The van der Waals surface area contributed by atoms with Crippen LogP contribution in [-0.4, -0.2) is 9.55 Å². The van der Waals surface area contributed by atoms with Crippen LogP contribution in [0.4, 0.5) is 5.69 Å². The summed E-state index contributed by atoms with van der Waals surface area (Å²) in [5.74, 6) is 0.743. The second-order valence-corrected chi connectivity index (χ2v) is 6.84. The van der Waals surface area contributed by atoms with Crippen molar-refractivity contribution in [3.63, 3.8) is 0 Å². The van der Waals surface area contributed by atoms with Crippen molar-refractivity contribution in [2.24, 2.45) is 0 Å². The molecule has 0 radical (unpaired) electrons. The molecule has 2 aromatic carbocycles. The minimum absolute atomic E-state index is 0.0658. The molecule has 0 saturated heterocycles. The topological polar surface area (TPSA) is 60.9 Å². The molecule has 0 unspecified atom stereocenters. The highest BCUT2D eigenvalue weighted by Gasteiger charge is 2.17. The van der Waals surface area contributed by atoms with Crippen molar-refractivity contribution in [3.05, 3.63) is 62.1 Å². The molecule has 0 aliphatic carbocycles. The highest BCUT2D eigenvalue weighted by Crippen LogP contribution is 2.28. The number of aromatic nitrogens is 2. The number of anilines is 1. The van der Waals surface area contributed by atoms with E-state index in [0.717, 1.165) is 5.69 Å². The molecule has 0 aliphatic rings. The van der Waals surface area contributed by atoms with E-state index in [1.165, 1.54) is 0 Å². The average molecular weight is 393 g/mol. The van der Waals surface area contributed by atoms with Crippen LogP contribution in [0.1, 0.15) is 25.6 Å².